The van der Waals surface area contributed by atoms with Crippen LogP contribution in [-0.4, -0.2) is 32.7 Å². The summed E-state index contributed by atoms with van der Waals surface area (Å²) in [5.41, 5.74) is 2.64. The van der Waals surface area contributed by atoms with Gasteiger partial charge in [0.1, 0.15) is 28.9 Å². The number of nitrogens with two attached hydrogens (primary N) is 1. The van der Waals surface area contributed by atoms with Crippen LogP contribution in [0.15, 0.2) is 65.4 Å². The van der Waals surface area contributed by atoms with Gasteiger partial charge in [0.05, 0.1) is 17.8 Å². The number of carbonyl (C=O) groups is 1. The van der Waals surface area contributed by atoms with Gasteiger partial charge >= 0.3 is 12.4 Å². The predicted molar refractivity (Wildman–Crippen MR) is 140 cm³/mol. The number of aliphatic hydroxyl groups excluding tert-OH is 1. The number of benzene rings is 1. The number of anilines is 1. The van der Waals surface area contributed by atoms with E-state index in [1.165, 1.54) is 42.6 Å². The summed E-state index contributed by atoms with van der Waals surface area (Å²) in [6.45, 7) is -0.193. The van der Waals surface area contributed by atoms with E-state index >= 15 is 0 Å². The van der Waals surface area contributed by atoms with Crippen molar-refractivity contribution in [2.24, 2.45) is 0 Å². The molecule has 42 heavy (non-hydrogen) atoms. The van der Waals surface area contributed by atoms with E-state index in [1.807, 2.05) is 0 Å². The molecule has 1 atom stereocenters. The Balaban J connectivity index is 1.33. The van der Waals surface area contributed by atoms with E-state index in [4.69, 9.17) is 10.2 Å². The van der Waals surface area contributed by atoms with Crippen LogP contribution in [0.25, 0.3) is 28.3 Å². The third-order valence-corrected chi connectivity index (χ3v) is 6.75. The molecule has 0 aliphatic heterocycles. The monoisotopic (exact) mass is 591 g/mol. The maximum atomic E-state index is 13.9. The Kier molecular flexibility index (Phi) is 7.45. The molecule has 3 aromatic heterocycles. The number of hydrogen-bond donors (Lipinski definition) is 4. The summed E-state index contributed by atoms with van der Waals surface area (Å²) < 4.78 is 86.9. The summed E-state index contributed by atoms with van der Waals surface area (Å²) in [4.78, 5) is 20.2. The summed E-state index contributed by atoms with van der Waals surface area (Å²) in [5, 5.41) is 15.1. The molecule has 5 rings (SSSR count). The first kappa shape index (κ1) is 29.1. The van der Waals surface area contributed by atoms with Crippen LogP contribution in [0.5, 0.6) is 0 Å². The quantitative estimate of drug-likeness (QED) is 0.121. The van der Waals surface area contributed by atoms with Crippen LogP contribution in [-0.2, 0) is 17.5 Å². The van der Waals surface area contributed by atoms with E-state index in [0.29, 0.717) is 11.4 Å². The number of carbonyl (C=O) groups excluding carboxylic acids is 1. The molecule has 1 aliphatic rings. The Labute approximate surface area is 234 Å². The van der Waals surface area contributed by atoms with Gasteiger partial charge in [0, 0.05) is 35.0 Å². The Morgan fingerprint density at radius 1 is 1.07 bits per heavy atom. The maximum Gasteiger partial charge on any atom is 0.420 e. The van der Waals surface area contributed by atoms with Crippen LogP contribution in [0, 0.1) is 0 Å². The van der Waals surface area contributed by atoms with E-state index in [2.05, 4.69) is 20.6 Å². The summed E-state index contributed by atoms with van der Waals surface area (Å²) in [6, 6.07) is 9.41. The second-order valence-corrected chi connectivity index (χ2v) is 9.82. The highest BCUT2D eigenvalue weighted by atomic mass is 19.4. The summed E-state index contributed by atoms with van der Waals surface area (Å²) in [5.74, 6) is -0.134. The smallest absolute Gasteiger partial charge is 0.420 e. The number of aromatic nitrogens is 2. The minimum Gasteiger partial charge on any atom is -0.459 e. The lowest BCUT2D eigenvalue weighted by atomic mass is 10.0. The lowest BCUT2D eigenvalue weighted by molar-refractivity contribution is -0.174. The molecule has 0 bridgehead atoms. The first-order chi connectivity index (χ1) is 19.7. The van der Waals surface area contributed by atoms with Gasteiger partial charge in [-0.05, 0) is 60.9 Å². The average Bonchev–Trinajstić information content (AvgIpc) is 3.61. The lowest BCUT2D eigenvalue weighted by Crippen LogP contribution is -2.46. The molecule has 220 valence electrons. The van der Waals surface area contributed by atoms with E-state index < -0.39 is 41.2 Å². The van der Waals surface area contributed by atoms with E-state index in [0.717, 1.165) is 12.3 Å². The molecule has 1 aromatic carbocycles. The molecule has 4 aromatic rings. The van der Waals surface area contributed by atoms with Crippen LogP contribution in [0.3, 0.4) is 0 Å². The normalized spacial score (nSPS) is 15.7. The number of hydrogen-bond acceptors (Lipinski definition) is 7. The molecule has 0 spiro atoms. The van der Waals surface area contributed by atoms with Crippen LogP contribution >= 0.6 is 0 Å². The van der Waals surface area contributed by atoms with Gasteiger partial charge in [-0.1, -0.05) is 6.07 Å². The van der Waals surface area contributed by atoms with Gasteiger partial charge in [-0.25, -0.2) is 4.98 Å². The number of aliphatic hydroxyl groups is 1. The largest absolute Gasteiger partial charge is 0.459 e. The summed E-state index contributed by atoms with van der Waals surface area (Å²) >= 11 is 0. The van der Waals surface area contributed by atoms with Crippen LogP contribution < -0.4 is 16.4 Å². The van der Waals surface area contributed by atoms with Gasteiger partial charge in [0.25, 0.3) is 0 Å². The van der Waals surface area contributed by atoms with Crippen molar-refractivity contribution in [2.75, 3.05) is 5.73 Å². The van der Waals surface area contributed by atoms with Crippen molar-refractivity contribution in [3.63, 3.8) is 0 Å². The molecule has 1 fully saturated rings. The highest BCUT2D eigenvalue weighted by Gasteiger charge is 2.63. The number of nitrogen functional groups attached to an aromatic ring is 1. The fraction of sp³-hybridized carbons (Fsp3) is 0.250. The molecular formula is C28H23F6N5O3. The first-order valence-electron chi connectivity index (χ1n) is 12.5. The maximum absolute atomic E-state index is 13.9. The lowest BCUT2D eigenvalue weighted by Gasteiger charge is -2.24. The van der Waals surface area contributed by atoms with Crippen LogP contribution in [0.1, 0.15) is 41.5 Å². The van der Waals surface area contributed by atoms with Crippen molar-refractivity contribution in [2.45, 2.75) is 43.5 Å². The van der Waals surface area contributed by atoms with Crippen LogP contribution in [0.2, 0.25) is 0 Å². The minimum absolute atomic E-state index is 0.0226. The van der Waals surface area contributed by atoms with E-state index in [1.54, 1.807) is 12.1 Å². The Hall–Kier alpha value is -4.43. The third kappa shape index (κ3) is 6.24. The summed E-state index contributed by atoms with van der Waals surface area (Å²) in [7, 11) is 0. The number of nitrogens with zero attached hydrogens (tertiary/aromatic N) is 2. The van der Waals surface area contributed by atoms with Crippen molar-refractivity contribution in [1.29, 1.82) is 0 Å². The Morgan fingerprint density at radius 2 is 1.83 bits per heavy atom. The number of rotatable bonds is 8. The molecule has 8 nitrogen and oxygen atoms in total. The van der Waals surface area contributed by atoms with Gasteiger partial charge in [-0.15, -0.1) is 0 Å². The van der Waals surface area contributed by atoms with Gasteiger partial charge < -0.3 is 20.6 Å². The van der Waals surface area contributed by atoms with E-state index in [9.17, 15) is 36.2 Å². The topological polar surface area (TPSA) is 126 Å². The molecule has 1 amide bonds. The van der Waals surface area contributed by atoms with Crippen molar-refractivity contribution in [3.8, 4) is 11.3 Å². The van der Waals surface area contributed by atoms with Gasteiger partial charge in [0.2, 0.25) is 5.91 Å². The number of amides is 1. The van der Waals surface area contributed by atoms with Gasteiger partial charge in [-0.3, -0.25) is 15.1 Å². The zero-order chi connectivity index (χ0) is 30.3. The molecule has 14 heteroatoms. The molecule has 3 heterocycles. The fourth-order valence-electron chi connectivity index (χ4n) is 4.29. The highest BCUT2D eigenvalue weighted by Crippen LogP contribution is 2.50. The molecular weight excluding hydrogens is 568 g/mol. The van der Waals surface area contributed by atoms with Gasteiger partial charge in [-0.2, -0.15) is 26.3 Å². The third-order valence-electron chi connectivity index (χ3n) is 6.75. The molecule has 5 N–H and O–H groups in total. The average molecular weight is 592 g/mol. The van der Waals surface area contributed by atoms with Crippen molar-refractivity contribution >= 4 is 28.8 Å². The Bertz CT molecular complexity index is 1630. The fourth-order valence-corrected chi connectivity index (χ4v) is 4.29. The predicted octanol–water partition coefficient (Wildman–Crippen LogP) is 5.50. The van der Waals surface area contributed by atoms with E-state index in [-0.39, 0.29) is 47.4 Å². The molecule has 1 unspecified atom stereocenters. The zero-order valence-corrected chi connectivity index (χ0v) is 21.6. The highest BCUT2D eigenvalue weighted by molar-refractivity contribution is 5.92. The van der Waals surface area contributed by atoms with Crippen molar-refractivity contribution < 1.29 is 40.7 Å². The minimum atomic E-state index is -4.79. The number of alkyl halides is 6. The SMILES string of the molecule is Nc1ccc(/C=C/C(=O)NCc2cc3cc(-c4ccc(C(O)NC5(C(F)(F)F)CC5)cn4)cc(C(F)(F)F)c3o2)cn1. The summed E-state index contributed by atoms with van der Waals surface area (Å²) in [6.07, 6.45) is -6.07. The molecule has 0 saturated heterocycles. The number of fused-ring (bicyclic) bond motifs is 1. The number of nitrogens with one attached hydrogen (secondary N) is 2. The van der Waals surface area contributed by atoms with Crippen LogP contribution in [0.4, 0.5) is 32.2 Å². The first-order valence-corrected chi connectivity index (χ1v) is 12.5. The standard InChI is InChI=1S/C28H23F6N5O3/c29-27(30,31)20-11-17(21-4-3-16(13-36-21)25(41)39-26(7-8-26)28(32,33)34)9-18-10-19(42-24(18)20)14-38-23(40)6-2-15-1-5-22(35)37-12-15/h1-6,9-13,25,39,41H,7-8,14H2,(H2,35,37)(H,38,40)/b6-2+. The number of pyridine rings is 2. The van der Waals surface area contributed by atoms with Crippen molar-refractivity contribution in [3.05, 3.63) is 83.4 Å². The zero-order valence-electron chi connectivity index (χ0n) is 21.6. The Morgan fingerprint density at radius 3 is 2.43 bits per heavy atom. The number of halogens is 6. The second kappa shape index (κ2) is 10.8. The molecule has 0 radical (unpaired) electrons. The molecule has 1 saturated carbocycles. The second-order valence-electron chi connectivity index (χ2n) is 9.82. The molecule has 1 aliphatic carbocycles. The van der Waals surface area contributed by atoms with Crippen molar-refractivity contribution in [1.82, 2.24) is 20.6 Å². The van der Waals surface area contributed by atoms with Gasteiger partial charge in [0.15, 0.2) is 0 Å². The number of furan rings is 1.